The molecule has 2 aromatic carbocycles. The smallest absolute Gasteiger partial charge is 0.330 e. The fraction of sp³-hybridized carbons (Fsp3) is 0.424. The van der Waals surface area contributed by atoms with Gasteiger partial charge in [-0.15, -0.1) is 0 Å². The number of benzene rings is 2. The number of aliphatic carboxylic acids is 1. The number of hydrogen-bond acceptors (Lipinski definition) is 5. The molecule has 0 saturated carbocycles. The Balaban J connectivity index is 1.65. The maximum atomic E-state index is 12.7. The number of rotatable bonds is 12. The molecule has 1 aliphatic rings. The van der Waals surface area contributed by atoms with Crippen LogP contribution in [0.4, 0.5) is 0 Å². The van der Waals surface area contributed by atoms with Gasteiger partial charge in [0.25, 0.3) is 13.9 Å². The van der Waals surface area contributed by atoms with Crippen LogP contribution in [0.25, 0.3) is 0 Å². The first-order valence-corrected chi connectivity index (χ1v) is 16.5. The third kappa shape index (κ3) is 7.08. The zero-order valence-electron chi connectivity index (χ0n) is 24.9. The fourth-order valence-corrected chi connectivity index (χ4v) is 10.5. The number of carbonyl (C=O) groups is 1. The predicted octanol–water partition coefficient (Wildman–Crippen LogP) is 4.53. The molecule has 42 heavy (non-hydrogen) atoms. The van der Waals surface area contributed by atoms with Gasteiger partial charge in [0.1, 0.15) is 6.23 Å². The van der Waals surface area contributed by atoms with Crippen molar-refractivity contribution in [1.82, 2.24) is 9.55 Å². The van der Waals surface area contributed by atoms with E-state index in [0.717, 1.165) is 0 Å². The van der Waals surface area contributed by atoms with Crippen LogP contribution < -0.4 is 21.6 Å². The zero-order chi connectivity index (χ0) is 30.3. The summed E-state index contributed by atoms with van der Waals surface area (Å²) < 4.78 is 15.2. The fourth-order valence-electron chi connectivity index (χ4n) is 5.91. The molecule has 4 rings (SSSR count). The molecular formula is C33H42N2O6Si. The monoisotopic (exact) mass is 590 g/mol. The molecule has 0 spiro atoms. The van der Waals surface area contributed by atoms with Crippen LogP contribution in [0.5, 0.6) is 0 Å². The Morgan fingerprint density at radius 3 is 2.26 bits per heavy atom. The first-order chi connectivity index (χ1) is 20.0. The third-order valence-corrected chi connectivity index (χ3v) is 13.1. The Bertz CT molecular complexity index is 1440. The van der Waals surface area contributed by atoms with Gasteiger partial charge in [0.15, 0.2) is 0 Å². The molecule has 2 heterocycles. The van der Waals surface area contributed by atoms with E-state index in [9.17, 15) is 14.4 Å². The Kier molecular flexibility index (Phi) is 10.2. The van der Waals surface area contributed by atoms with Gasteiger partial charge in [0.2, 0.25) is 0 Å². The molecule has 8 nitrogen and oxygen atoms in total. The van der Waals surface area contributed by atoms with Crippen LogP contribution >= 0.6 is 0 Å². The van der Waals surface area contributed by atoms with Crippen LogP contribution in [0.15, 0.2) is 88.6 Å². The van der Waals surface area contributed by atoms with E-state index in [4.69, 9.17) is 14.3 Å². The summed E-state index contributed by atoms with van der Waals surface area (Å²) in [5, 5.41) is 11.1. The van der Waals surface area contributed by atoms with Crippen LogP contribution in [-0.4, -0.2) is 41.7 Å². The van der Waals surface area contributed by atoms with Crippen molar-refractivity contribution >= 4 is 24.7 Å². The highest BCUT2D eigenvalue weighted by atomic mass is 28.4. The second-order valence-corrected chi connectivity index (χ2v) is 16.4. The van der Waals surface area contributed by atoms with Crippen LogP contribution in [0.1, 0.15) is 64.7 Å². The molecule has 3 atom stereocenters. The Morgan fingerprint density at radius 1 is 1.07 bits per heavy atom. The predicted molar refractivity (Wildman–Crippen MR) is 167 cm³/mol. The number of carboxylic acids is 1. The summed E-state index contributed by atoms with van der Waals surface area (Å²) in [7, 11) is -2.80. The van der Waals surface area contributed by atoms with Crippen LogP contribution in [0.2, 0.25) is 5.04 Å². The van der Waals surface area contributed by atoms with Gasteiger partial charge in [-0.2, -0.15) is 0 Å². The molecule has 0 amide bonds. The molecule has 0 bridgehead atoms. The summed E-state index contributed by atoms with van der Waals surface area (Å²) >= 11 is 0. The molecule has 3 aromatic rings. The molecule has 9 heteroatoms. The number of hydrogen-bond donors (Lipinski definition) is 2. The standard InChI is InChI=1S/C33H42N2O6Si/c1-24-22-35(32(39)34-31(24)38)29-21-25(15-9-5-6-14-20-30(36)37)28(41-29)23-40-42(33(2,3)4,26-16-10-7-11-17-26)27-18-12-8-13-19-27/h5,7-13,16-19,22,25,28-29H,6,14-15,20-21,23H2,1-4H3,(H,36,37)(H,34,38,39)/b9-5-/t25-,28+,29+/m0/s1. The molecule has 224 valence electrons. The number of aryl methyl sites for hydroxylation is 1. The van der Waals surface area contributed by atoms with Gasteiger partial charge in [-0.1, -0.05) is 93.6 Å². The SMILES string of the molecule is Cc1cn([C@H]2C[C@H](C/C=C\CCCC(=O)O)[C@@H](CO[Si](c3ccccc3)(c3ccccc3)C(C)(C)C)O2)c(=O)[nH]c1=O. The number of ether oxygens (including phenoxy) is 1. The lowest BCUT2D eigenvalue weighted by Gasteiger charge is -2.43. The third-order valence-electron chi connectivity index (χ3n) is 8.07. The Hall–Kier alpha value is -3.53. The van der Waals surface area contributed by atoms with Crippen molar-refractivity contribution in [1.29, 1.82) is 0 Å². The van der Waals surface area contributed by atoms with Crippen molar-refractivity contribution in [3.05, 3.63) is 105 Å². The van der Waals surface area contributed by atoms with Crippen LogP contribution in [-0.2, 0) is 14.0 Å². The first-order valence-electron chi connectivity index (χ1n) is 14.6. The summed E-state index contributed by atoms with van der Waals surface area (Å²) in [5.74, 6) is -0.735. The first kappa shape index (κ1) is 31.4. The molecule has 2 N–H and O–H groups in total. The summed E-state index contributed by atoms with van der Waals surface area (Å²) in [6, 6.07) is 20.9. The Labute approximate surface area is 248 Å². The summed E-state index contributed by atoms with van der Waals surface area (Å²) in [5.41, 5.74) is -0.450. The molecule has 0 aliphatic carbocycles. The Morgan fingerprint density at radius 2 is 1.69 bits per heavy atom. The number of carboxylic acid groups (broad SMARTS) is 1. The van der Waals surface area contributed by atoms with Crippen molar-refractivity contribution in [3.8, 4) is 0 Å². The van der Waals surface area contributed by atoms with E-state index < -0.39 is 31.8 Å². The summed E-state index contributed by atoms with van der Waals surface area (Å²) in [4.78, 5) is 38.0. The minimum absolute atomic E-state index is 0.0584. The van der Waals surface area contributed by atoms with Gasteiger partial charge < -0.3 is 14.3 Å². The van der Waals surface area contributed by atoms with E-state index in [1.165, 1.54) is 14.9 Å². The molecule has 1 aromatic heterocycles. The molecular weight excluding hydrogens is 548 g/mol. The molecule has 1 fully saturated rings. The molecule has 1 saturated heterocycles. The van der Waals surface area contributed by atoms with Crippen molar-refractivity contribution in [2.24, 2.45) is 5.92 Å². The van der Waals surface area contributed by atoms with Gasteiger partial charge in [0.05, 0.1) is 12.7 Å². The highest BCUT2D eigenvalue weighted by Gasteiger charge is 2.51. The number of nitrogens with zero attached hydrogens (tertiary/aromatic N) is 1. The van der Waals surface area contributed by atoms with Crippen LogP contribution in [0, 0.1) is 12.8 Å². The van der Waals surface area contributed by atoms with E-state index in [0.29, 0.717) is 37.9 Å². The maximum absolute atomic E-state index is 12.7. The maximum Gasteiger partial charge on any atom is 0.330 e. The average molecular weight is 591 g/mol. The quantitative estimate of drug-likeness (QED) is 0.182. The van der Waals surface area contributed by atoms with Gasteiger partial charge in [-0.05, 0) is 53.9 Å². The number of allylic oxidation sites excluding steroid dienone is 2. The zero-order valence-corrected chi connectivity index (χ0v) is 25.9. The van der Waals surface area contributed by atoms with E-state index in [2.05, 4.69) is 80.4 Å². The summed E-state index contributed by atoms with van der Waals surface area (Å²) in [6.45, 7) is 8.72. The molecule has 0 radical (unpaired) electrons. The second kappa shape index (κ2) is 13.6. The normalized spacial score (nSPS) is 19.4. The minimum atomic E-state index is -2.80. The lowest BCUT2D eigenvalue weighted by Crippen LogP contribution is -2.67. The van der Waals surface area contributed by atoms with Gasteiger partial charge in [-0.25, -0.2) is 4.79 Å². The van der Waals surface area contributed by atoms with E-state index in [1.807, 2.05) is 18.2 Å². The van der Waals surface area contributed by atoms with Crippen molar-refractivity contribution in [2.45, 2.75) is 77.2 Å². The van der Waals surface area contributed by atoms with Crippen molar-refractivity contribution < 1.29 is 19.1 Å². The number of unbranched alkanes of at least 4 members (excludes halogenated alkanes) is 1. The lowest BCUT2D eigenvalue weighted by molar-refractivity contribution is -0.137. The highest BCUT2D eigenvalue weighted by molar-refractivity contribution is 6.99. The average Bonchev–Trinajstić information content (AvgIpc) is 3.35. The number of nitrogens with one attached hydrogen (secondary N) is 1. The van der Waals surface area contributed by atoms with Crippen molar-refractivity contribution in [3.63, 3.8) is 0 Å². The number of aromatic amines is 1. The second-order valence-electron chi connectivity index (χ2n) is 12.1. The molecule has 0 unspecified atom stereocenters. The largest absolute Gasteiger partial charge is 0.481 e. The van der Waals surface area contributed by atoms with E-state index in [-0.39, 0.29) is 23.5 Å². The van der Waals surface area contributed by atoms with E-state index >= 15 is 0 Å². The number of aromatic nitrogens is 2. The van der Waals surface area contributed by atoms with Gasteiger partial charge >= 0.3 is 11.7 Å². The molecule has 1 aliphatic heterocycles. The van der Waals surface area contributed by atoms with Crippen molar-refractivity contribution in [2.75, 3.05) is 6.61 Å². The van der Waals surface area contributed by atoms with E-state index in [1.54, 1.807) is 13.1 Å². The minimum Gasteiger partial charge on any atom is -0.481 e. The number of H-pyrrole nitrogens is 1. The van der Waals surface area contributed by atoms with Gasteiger partial charge in [-0.3, -0.25) is 19.1 Å². The lowest BCUT2D eigenvalue weighted by atomic mass is 9.96. The van der Waals surface area contributed by atoms with Gasteiger partial charge in [0, 0.05) is 18.2 Å². The summed E-state index contributed by atoms with van der Waals surface area (Å²) in [6.07, 6.45) is 7.54. The highest BCUT2D eigenvalue weighted by Crippen LogP contribution is 2.40. The topological polar surface area (TPSA) is 111 Å². The van der Waals surface area contributed by atoms with Crippen LogP contribution in [0.3, 0.4) is 0 Å².